The van der Waals surface area contributed by atoms with Crippen LogP contribution in [0.25, 0.3) is 0 Å². The van der Waals surface area contributed by atoms with Crippen molar-refractivity contribution in [1.82, 2.24) is 0 Å². The lowest BCUT2D eigenvalue weighted by atomic mass is 9.91. The molecular formula is C16H34O2. The maximum atomic E-state index is 5.51. The zero-order chi connectivity index (χ0) is 13.6. The van der Waals surface area contributed by atoms with E-state index in [1.54, 1.807) is 7.11 Å². The average Bonchev–Trinajstić information content (AvgIpc) is 2.38. The van der Waals surface area contributed by atoms with E-state index < -0.39 is 0 Å². The summed E-state index contributed by atoms with van der Waals surface area (Å²) in [7, 11) is 3.64. The highest BCUT2D eigenvalue weighted by molar-refractivity contribution is 4.63. The number of hydrogen-bond acceptors (Lipinski definition) is 2. The normalized spacial score (nSPS) is 14.7. The lowest BCUT2D eigenvalue weighted by Gasteiger charge is -2.18. The minimum absolute atomic E-state index is 0.483. The predicted molar refractivity (Wildman–Crippen MR) is 79.1 cm³/mol. The number of hydrogen-bond donors (Lipinski definition) is 0. The SMILES string of the molecule is CCCC(CCCOC)CCCC(CCC)OC. The minimum atomic E-state index is 0.483. The third-order valence-electron chi connectivity index (χ3n) is 3.74. The second kappa shape index (κ2) is 13.4. The second-order valence-electron chi connectivity index (χ2n) is 5.37. The molecule has 0 rings (SSSR count). The van der Waals surface area contributed by atoms with Gasteiger partial charge in [-0.1, -0.05) is 46.0 Å². The van der Waals surface area contributed by atoms with Gasteiger partial charge in [-0.15, -0.1) is 0 Å². The first-order valence-corrected chi connectivity index (χ1v) is 7.80. The van der Waals surface area contributed by atoms with Gasteiger partial charge in [0.05, 0.1) is 6.10 Å². The molecule has 2 unspecified atom stereocenters. The fourth-order valence-electron chi connectivity index (χ4n) is 2.69. The smallest absolute Gasteiger partial charge is 0.0571 e. The van der Waals surface area contributed by atoms with E-state index in [4.69, 9.17) is 9.47 Å². The van der Waals surface area contributed by atoms with Gasteiger partial charge in [-0.3, -0.25) is 0 Å². The van der Waals surface area contributed by atoms with Crippen LogP contribution in [-0.2, 0) is 9.47 Å². The molecule has 0 saturated carbocycles. The lowest BCUT2D eigenvalue weighted by Crippen LogP contribution is -2.11. The van der Waals surface area contributed by atoms with E-state index in [9.17, 15) is 0 Å². The van der Waals surface area contributed by atoms with E-state index in [0.717, 1.165) is 12.5 Å². The van der Waals surface area contributed by atoms with Crippen LogP contribution in [0.2, 0.25) is 0 Å². The Morgan fingerprint density at radius 2 is 1.44 bits per heavy atom. The van der Waals surface area contributed by atoms with Crippen molar-refractivity contribution in [1.29, 1.82) is 0 Å². The Labute approximate surface area is 114 Å². The van der Waals surface area contributed by atoms with Gasteiger partial charge in [0, 0.05) is 20.8 Å². The molecule has 0 radical (unpaired) electrons. The summed E-state index contributed by atoms with van der Waals surface area (Å²) in [6, 6.07) is 0. The van der Waals surface area contributed by atoms with Crippen molar-refractivity contribution < 1.29 is 9.47 Å². The fourth-order valence-corrected chi connectivity index (χ4v) is 2.69. The topological polar surface area (TPSA) is 18.5 Å². The summed E-state index contributed by atoms with van der Waals surface area (Å²) >= 11 is 0. The van der Waals surface area contributed by atoms with E-state index in [-0.39, 0.29) is 0 Å². The Morgan fingerprint density at radius 1 is 0.778 bits per heavy atom. The molecule has 18 heavy (non-hydrogen) atoms. The quantitative estimate of drug-likeness (QED) is 0.441. The van der Waals surface area contributed by atoms with Crippen LogP contribution >= 0.6 is 0 Å². The monoisotopic (exact) mass is 258 g/mol. The van der Waals surface area contributed by atoms with Crippen LogP contribution < -0.4 is 0 Å². The van der Waals surface area contributed by atoms with E-state index in [2.05, 4.69) is 13.8 Å². The highest BCUT2D eigenvalue weighted by atomic mass is 16.5. The van der Waals surface area contributed by atoms with Crippen LogP contribution in [0.1, 0.15) is 71.6 Å². The van der Waals surface area contributed by atoms with Crippen molar-refractivity contribution in [3.63, 3.8) is 0 Å². The minimum Gasteiger partial charge on any atom is -0.385 e. The molecule has 0 heterocycles. The van der Waals surface area contributed by atoms with Crippen LogP contribution in [0.4, 0.5) is 0 Å². The van der Waals surface area contributed by atoms with Gasteiger partial charge < -0.3 is 9.47 Å². The van der Waals surface area contributed by atoms with Crippen molar-refractivity contribution in [3.05, 3.63) is 0 Å². The second-order valence-corrected chi connectivity index (χ2v) is 5.37. The van der Waals surface area contributed by atoms with E-state index in [1.165, 1.54) is 57.8 Å². The number of methoxy groups -OCH3 is 2. The van der Waals surface area contributed by atoms with Crippen LogP contribution in [0.5, 0.6) is 0 Å². The zero-order valence-electron chi connectivity index (χ0n) is 13.0. The van der Waals surface area contributed by atoms with Gasteiger partial charge in [-0.25, -0.2) is 0 Å². The molecule has 0 saturated heterocycles. The molecule has 0 aromatic heterocycles. The zero-order valence-corrected chi connectivity index (χ0v) is 13.0. The molecule has 0 amide bonds. The van der Waals surface area contributed by atoms with Crippen LogP contribution in [0, 0.1) is 5.92 Å². The molecule has 2 atom stereocenters. The van der Waals surface area contributed by atoms with Crippen LogP contribution in [0.3, 0.4) is 0 Å². The highest BCUT2D eigenvalue weighted by Crippen LogP contribution is 2.22. The molecule has 0 bridgehead atoms. The van der Waals surface area contributed by atoms with Gasteiger partial charge in [0.1, 0.15) is 0 Å². The third-order valence-corrected chi connectivity index (χ3v) is 3.74. The first-order valence-electron chi connectivity index (χ1n) is 7.80. The summed E-state index contributed by atoms with van der Waals surface area (Å²) in [4.78, 5) is 0. The fraction of sp³-hybridized carbons (Fsp3) is 1.00. The van der Waals surface area contributed by atoms with Crippen molar-refractivity contribution in [2.24, 2.45) is 5.92 Å². The van der Waals surface area contributed by atoms with Crippen molar-refractivity contribution in [2.45, 2.75) is 77.7 Å². The number of rotatable bonds is 13. The summed E-state index contributed by atoms with van der Waals surface area (Å²) in [5.41, 5.74) is 0. The van der Waals surface area contributed by atoms with Crippen molar-refractivity contribution in [2.75, 3.05) is 20.8 Å². The average molecular weight is 258 g/mol. The summed E-state index contributed by atoms with van der Waals surface area (Å²) < 4.78 is 10.7. The first kappa shape index (κ1) is 17.9. The predicted octanol–water partition coefficient (Wildman–Crippen LogP) is 4.81. The van der Waals surface area contributed by atoms with Gasteiger partial charge in [-0.05, 0) is 31.6 Å². The third kappa shape index (κ3) is 9.90. The van der Waals surface area contributed by atoms with Gasteiger partial charge in [0.2, 0.25) is 0 Å². The van der Waals surface area contributed by atoms with Gasteiger partial charge in [-0.2, -0.15) is 0 Å². The van der Waals surface area contributed by atoms with E-state index in [1.807, 2.05) is 7.11 Å². The van der Waals surface area contributed by atoms with Gasteiger partial charge in [0.15, 0.2) is 0 Å². The van der Waals surface area contributed by atoms with Crippen LogP contribution in [-0.4, -0.2) is 26.9 Å². The standard InChI is InChI=1S/C16H34O2/c1-5-9-15(12-8-14-17-3)11-7-13-16(18-4)10-6-2/h15-16H,5-14H2,1-4H3. The molecule has 110 valence electrons. The molecule has 0 fully saturated rings. The summed E-state index contributed by atoms with van der Waals surface area (Å²) in [6.07, 6.45) is 12.0. The Bertz CT molecular complexity index is 159. The molecule has 0 N–H and O–H groups in total. The maximum Gasteiger partial charge on any atom is 0.0571 e. The summed E-state index contributed by atoms with van der Waals surface area (Å²) in [5, 5.41) is 0. The molecule has 2 heteroatoms. The Balaban J connectivity index is 3.73. The summed E-state index contributed by atoms with van der Waals surface area (Å²) in [5.74, 6) is 0.893. The molecule has 0 aromatic rings. The molecule has 0 aliphatic heterocycles. The summed E-state index contributed by atoms with van der Waals surface area (Å²) in [6.45, 7) is 5.44. The number of ether oxygens (including phenoxy) is 2. The molecule has 0 aliphatic rings. The molecule has 0 spiro atoms. The Hall–Kier alpha value is -0.0800. The Morgan fingerprint density at radius 3 is 2.00 bits per heavy atom. The van der Waals surface area contributed by atoms with Crippen molar-refractivity contribution in [3.8, 4) is 0 Å². The molecule has 0 aliphatic carbocycles. The highest BCUT2D eigenvalue weighted by Gasteiger charge is 2.10. The first-order chi connectivity index (χ1) is 8.78. The van der Waals surface area contributed by atoms with E-state index in [0.29, 0.717) is 6.10 Å². The van der Waals surface area contributed by atoms with Crippen molar-refractivity contribution >= 4 is 0 Å². The van der Waals surface area contributed by atoms with Gasteiger partial charge in [0.25, 0.3) is 0 Å². The van der Waals surface area contributed by atoms with Gasteiger partial charge >= 0.3 is 0 Å². The molecule has 2 nitrogen and oxygen atoms in total. The lowest BCUT2D eigenvalue weighted by molar-refractivity contribution is 0.0834. The molecule has 0 aromatic carbocycles. The Kier molecular flexibility index (Phi) is 13.3. The van der Waals surface area contributed by atoms with Crippen LogP contribution in [0.15, 0.2) is 0 Å². The van der Waals surface area contributed by atoms with E-state index >= 15 is 0 Å². The maximum absolute atomic E-state index is 5.51. The molecular weight excluding hydrogens is 224 g/mol. The largest absolute Gasteiger partial charge is 0.385 e.